The van der Waals surface area contributed by atoms with Gasteiger partial charge < -0.3 is 14.8 Å². The van der Waals surface area contributed by atoms with Crippen molar-refractivity contribution in [2.75, 3.05) is 39.5 Å². The maximum atomic E-state index is 15.2. The summed E-state index contributed by atoms with van der Waals surface area (Å²) < 4.78 is 18.8. The molecule has 40 heavy (non-hydrogen) atoms. The van der Waals surface area contributed by atoms with E-state index in [1.165, 1.54) is 15.5 Å². The van der Waals surface area contributed by atoms with Crippen molar-refractivity contribution in [2.24, 2.45) is 7.05 Å². The lowest BCUT2D eigenvalue weighted by Crippen LogP contribution is -2.32. The normalized spacial score (nSPS) is 14.7. The first kappa shape index (κ1) is 27.3. The fourth-order valence-corrected chi connectivity index (χ4v) is 5.54. The van der Waals surface area contributed by atoms with Crippen LogP contribution in [0.1, 0.15) is 46.6 Å². The molecule has 9 nitrogen and oxygen atoms in total. The molecule has 1 aromatic carbocycles. The Hall–Kier alpha value is -4.31. The SMILES string of the molecule is CNc1ccn(-c2ccnc3c2cc([C@H](C)N2CC=C(c4c(C)cc(C(=O)N(C)C)cc4F)CC2)n3C)c(=O)n1. The molecule has 1 aliphatic heterocycles. The van der Waals surface area contributed by atoms with Gasteiger partial charge in [0.1, 0.15) is 17.3 Å². The molecule has 0 unspecified atom stereocenters. The molecule has 1 N–H and O–H groups in total. The number of nitrogens with zero attached hydrogens (tertiary/aromatic N) is 6. The number of carbonyl (C=O) groups is 1. The molecule has 4 aromatic rings. The third-order valence-corrected chi connectivity index (χ3v) is 7.74. The predicted molar refractivity (Wildman–Crippen MR) is 155 cm³/mol. The average Bonchev–Trinajstić information content (AvgIpc) is 3.28. The van der Waals surface area contributed by atoms with Crippen LogP contribution in [0.3, 0.4) is 0 Å². The van der Waals surface area contributed by atoms with Gasteiger partial charge in [-0.15, -0.1) is 0 Å². The molecular weight excluding hydrogens is 509 g/mol. The number of rotatable bonds is 6. The first-order chi connectivity index (χ1) is 19.1. The molecule has 5 rings (SSSR count). The van der Waals surface area contributed by atoms with E-state index in [0.29, 0.717) is 29.9 Å². The lowest BCUT2D eigenvalue weighted by atomic mass is 9.92. The fourth-order valence-electron chi connectivity index (χ4n) is 5.54. The summed E-state index contributed by atoms with van der Waals surface area (Å²) in [5.41, 5.74) is 4.86. The standard InChI is InChI=1S/C30H34FN7O2/c1-18-15-21(29(39)35(4)5)16-23(31)27(18)20-8-12-37(13-9-20)19(2)25-17-22-24(7-11-33-28(22)36(25)6)38-14-10-26(32-3)34-30(38)40/h7-8,10-11,14-17,19H,9,12-13H2,1-6H3,(H,32,34,40)/t19-/m0/s1. The molecule has 0 fully saturated rings. The number of hydrogen-bond acceptors (Lipinski definition) is 6. The minimum atomic E-state index is -0.367. The third kappa shape index (κ3) is 4.79. The van der Waals surface area contributed by atoms with Gasteiger partial charge in [-0.25, -0.2) is 14.2 Å². The molecule has 0 saturated carbocycles. The van der Waals surface area contributed by atoms with E-state index in [2.05, 4.69) is 43.8 Å². The monoisotopic (exact) mass is 543 g/mol. The van der Waals surface area contributed by atoms with E-state index in [1.807, 2.05) is 20.0 Å². The van der Waals surface area contributed by atoms with Gasteiger partial charge in [-0.1, -0.05) is 6.08 Å². The Morgan fingerprint density at radius 2 is 1.98 bits per heavy atom. The highest BCUT2D eigenvalue weighted by molar-refractivity contribution is 5.94. The third-order valence-electron chi connectivity index (χ3n) is 7.74. The van der Waals surface area contributed by atoms with Crippen molar-refractivity contribution in [3.63, 3.8) is 0 Å². The molecule has 1 atom stereocenters. The second-order valence-electron chi connectivity index (χ2n) is 10.4. The van der Waals surface area contributed by atoms with E-state index in [-0.39, 0.29) is 23.5 Å². The Bertz CT molecular complexity index is 1680. The number of halogens is 1. The van der Waals surface area contributed by atoms with Gasteiger partial charge in [0.25, 0.3) is 5.91 Å². The smallest absolute Gasteiger partial charge is 0.354 e. The molecule has 0 bridgehead atoms. The van der Waals surface area contributed by atoms with Crippen molar-refractivity contribution in [3.05, 3.63) is 87.5 Å². The zero-order valence-corrected chi connectivity index (χ0v) is 23.7. The minimum absolute atomic E-state index is 0.0531. The highest BCUT2D eigenvalue weighted by Gasteiger charge is 2.25. The molecule has 0 radical (unpaired) electrons. The Morgan fingerprint density at radius 3 is 2.60 bits per heavy atom. The van der Waals surface area contributed by atoms with E-state index < -0.39 is 0 Å². The number of fused-ring (bicyclic) bond motifs is 1. The van der Waals surface area contributed by atoms with Crippen LogP contribution in [0.25, 0.3) is 22.3 Å². The Morgan fingerprint density at radius 1 is 1.20 bits per heavy atom. The van der Waals surface area contributed by atoms with Gasteiger partial charge in [-0.05, 0) is 61.7 Å². The largest absolute Gasteiger partial charge is 0.373 e. The zero-order valence-electron chi connectivity index (χ0n) is 23.7. The highest BCUT2D eigenvalue weighted by Crippen LogP contribution is 2.34. The predicted octanol–water partition coefficient (Wildman–Crippen LogP) is 4.16. The van der Waals surface area contributed by atoms with Crippen molar-refractivity contribution in [1.29, 1.82) is 0 Å². The van der Waals surface area contributed by atoms with Crippen molar-refractivity contribution < 1.29 is 9.18 Å². The fraction of sp³-hybridized carbons (Fsp3) is 0.333. The van der Waals surface area contributed by atoms with Crippen LogP contribution in [0.4, 0.5) is 10.2 Å². The van der Waals surface area contributed by atoms with Crippen molar-refractivity contribution in [3.8, 4) is 5.69 Å². The topological polar surface area (TPSA) is 88.3 Å². The lowest BCUT2D eigenvalue weighted by Gasteiger charge is -2.32. The van der Waals surface area contributed by atoms with Crippen LogP contribution < -0.4 is 11.0 Å². The van der Waals surface area contributed by atoms with Gasteiger partial charge in [0.2, 0.25) is 0 Å². The minimum Gasteiger partial charge on any atom is -0.373 e. The quantitative estimate of drug-likeness (QED) is 0.393. The number of amides is 1. The van der Waals surface area contributed by atoms with Crippen molar-refractivity contribution in [2.45, 2.75) is 26.3 Å². The van der Waals surface area contributed by atoms with Crippen molar-refractivity contribution in [1.82, 2.24) is 28.9 Å². The van der Waals surface area contributed by atoms with E-state index in [0.717, 1.165) is 40.1 Å². The van der Waals surface area contributed by atoms with Gasteiger partial charge in [0, 0.05) is 81.9 Å². The summed E-state index contributed by atoms with van der Waals surface area (Å²) in [4.78, 5) is 37.5. The summed E-state index contributed by atoms with van der Waals surface area (Å²) in [6.45, 7) is 5.41. The summed E-state index contributed by atoms with van der Waals surface area (Å²) >= 11 is 0. The molecule has 0 spiro atoms. The van der Waals surface area contributed by atoms with Gasteiger partial charge >= 0.3 is 5.69 Å². The molecule has 4 heterocycles. The number of benzene rings is 1. The van der Waals surface area contributed by atoms with Crippen LogP contribution in [0.15, 0.2) is 53.6 Å². The Kier molecular flexibility index (Phi) is 7.29. The summed E-state index contributed by atoms with van der Waals surface area (Å²) in [6, 6.07) is 8.83. The highest BCUT2D eigenvalue weighted by atomic mass is 19.1. The molecule has 0 saturated heterocycles. The van der Waals surface area contributed by atoms with Crippen LogP contribution in [-0.2, 0) is 7.05 Å². The number of aryl methyl sites for hydroxylation is 2. The number of anilines is 1. The van der Waals surface area contributed by atoms with Crippen LogP contribution in [-0.4, -0.2) is 69.0 Å². The average molecular weight is 544 g/mol. The van der Waals surface area contributed by atoms with E-state index >= 15 is 4.39 Å². The summed E-state index contributed by atoms with van der Waals surface area (Å²) in [7, 11) is 7.03. The van der Waals surface area contributed by atoms with E-state index in [1.54, 1.807) is 45.7 Å². The molecule has 0 aliphatic carbocycles. The molecule has 1 aliphatic rings. The van der Waals surface area contributed by atoms with Gasteiger partial charge in [-0.2, -0.15) is 4.98 Å². The zero-order chi connectivity index (χ0) is 28.7. The molecule has 208 valence electrons. The first-order valence-corrected chi connectivity index (χ1v) is 13.3. The maximum Gasteiger partial charge on any atom is 0.354 e. The molecule has 3 aromatic heterocycles. The Labute approximate surface area is 232 Å². The van der Waals surface area contributed by atoms with Crippen LogP contribution in [0.5, 0.6) is 0 Å². The summed E-state index contributed by atoms with van der Waals surface area (Å²) in [6.07, 6.45) is 6.19. The number of carbonyl (C=O) groups excluding carboxylic acids is 1. The first-order valence-electron chi connectivity index (χ1n) is 13.3. The van der Waals surface area contributed by atoms with Gasteiger partial charge in [0.05, 0.1) is 5.69 Å². The Balaban J connectivity index is 1.42. The second kappa shape index (κ2) is 10.7. The van der Waals surface area contributed by atoms with E-state index in [4.69, 9.17) is 0 Å². The molecular formula is C30H34FN7O2. The number of pyridine rings is 1. The molecule has 10 heteroatoms. The van der Waals surface area contributed by atoms with Crippen molar-refractivity contribution >= 4 is 28.3 Å². The summed E-state index contributed by atoms with van der Waals surface area (Å²) in [5, 5.41) is 3.76. The van der Waals surface area contributed by atoms with E-state index in [9.17, 15) is 9.59 Å². The van der Waals surface area contributed by atoms with Gasteiger partial charge in [0.15, 0.2) is 0 Å². The maximum absolute atomic E-state index is 15.2. The number of nitrogens with one attached hydrogen (secondary N) is 1. The van der Waals surface area contributed by atoms with Crippen LogP contribution >= 0.6 is 0 Å². The van der Waals surface area contributed by atoms with Crippen LogP contribution in [0, 0.1) is 12.7 Å². The second-order valence-corrected chi connectivity index (χ2v) is 10.4. The van der Waals surface area contributed by atoms with Gasteiger partial charge in [-0.3, -0.25) is 14.3 Å². The van der Waals surface area contributed by atoms with Crippen LogP contribution in [0.2, 0.25) is 0 Å². The lowest BCUT2D eigenvalue weighted by molar-refractivity contribution is 0.0827. The summed E-state index contributed by atoms with van der Waals surface area (Å²) in [5.74, 6) is -0.0628. The number of hydrogen-bond donors (Lipinski definition) is 1. The number of aromatic nitrogens is 4. The molecule has 1 amide bonds.